The Kier molecular flexibility index (Phi) is 3.73. The molecular weight excluding hydrogens is 258 g/mol. The minimum atomic E-state index is 0.834. The van der Waals surface area contributed by atoms with Crippen molar-refractivity contribution < 1.29 is 0 Å². The van der Waals surface area contributed by atoms with E-state index in [1.165, 1.54) is 16.7 Å². The van der Waals surface area contributed by atoms with Crippen molar-refractivity contribution in [1.82, 2.24) is 9.78 Å². The molecule has 0 atom stereocenters. The summed E-state index contributed by atoms with van der Waals surface area (Å²) >= 11 is 0. The molecule has 21 heavy (non-hydrogen) atoms. The highest BCUT2D eigenvalue weighted by Gasteiger charge is 2.03. The van der Waals surface area contributed by atoms with E-state index in [9.17, 15) is 0 Å². The van der Waals surface area contributed by atoms with Gasteiger partial charge >= 0.3 is 0 Å². The molecule has 3 nitrogen and oxygen atoms in total. The minimum absolute atomic E-state index is 0.834. The lowest BCUT2D eigenvalue weighted by atomic mass is 10.0. The molecule has 0 aliphatic rings. The molecule has 0 aliphatic heterocycles. The number of nitrogens with one attached hydrogen (secondary N) is 1. The van der Waals surface area contributed by atoms with Gasteiger partial charge in [0.15, 0.2) is 0 Å². The molecule has 3 rings (SSSR count). The van der Waals surface area contributed by atoms with Gasteiger partial charge in [-0.3, -0.25) is 0 Å². The van der Waals surface area contributed by atoms with Crippen LogP contribution in [-0.4, -0.2) is 9.78 Å². The monoisotopic (exact) mass is 277 g/mol. The second-order valence-electron chi connectivity index (χ2n) is 5.22. The smallest absolute Gasteiger partial charge is 0.0666 e. The van der Waals surface area contributed by atoms with E-state index in [1.807, 2.05) is 23.0 Å². The SMILES string of the molecule is Cc1cccc(C)c1CNc1cccc(-n2cccn2)c1. The number of aryl methyl sites for hydroxylation is 2. The third kappa shape index (κ3) is 2.97. The van der Waals surface area contributed by atoms with E-state index in [4.69, 9.17) is 0 Å². The maximum absolute atomic E-state index is 4.26. The highest BCUT2D eigenvalue weighted by Crippen LogP contribution is 2.18. The van der Waals surface area contributed by atoms with Crippen molar-refractivity contribution in [3.05, 3.63) is 77.6 Å². The summed E-state index contributed by atoms with van der Waals surface area (Å²) in [6.45, 7) is 5.15. The molecule has 0 radical (unpaired) electrons. The van der Waals surface area contributed by atoms with E-state index in [0.29, 0.717) is 0 Å². The fraction of sp³-hybridized carbons (Fsp3) is 0.167. The highest BCUT2D eigenvalue weighted by atomic mass is 15.3. The fourth-order valence-corrected chi connectivity index (χ4v) is 2.50. The van der Waals surface area contributed by atoms with Crippen LogP contribution in [0, 0.1) is 13.8 Å². The van der Waals surface area contributed by atoms with E-state index in [2.05, 4.69) is 60.7 Å². The molecule has 0 fully saturated rings. The summed E-state index contributed by atoms with van der Waals surface area (Å²) in [6.07, 6.45) is 3.74. The molecule has 0 saturated carbocycles. The summed E-state index contributed by atoms with van der Waals surface area (Å²) in [6, 6.07) is 16.6. The van der Waals surface area contributed by atoms with E-state index < -0.39 is 0 Å². The molecule has 0 bridgehead atoms. The van der Waals surface area contributed by atoms with Crippen LogP contribution in [0.2, 0.25) is 0 Å². The molecule has 0 aliphatic carbocycles. The van der Waals surface area contributed by atoms with Crippen LogP contribution in [0.3, 0.4) is 0 Å². The molecule has 0 saturated heterocycles. The third-order valence-electron chi connectivity index (χ3n) is 3.73. The van der Waals surface area contributed by atoms with E-state index >= 15 is 0 Å². The predicted molar refractivity (Wildman–Crippen MR) is 86.8 cm³/mol. The number of nitrogens with zero attached hydrogens (tertiary/aromatic N) is 2. The summed E-state index contributed by atoms with van der Waals surface area (Å²) in [5.74, 6) is 0. The summed E-state index contributed by atoms with van der Waals surface area (Å²) in [7, 11) is 0. The van der Waals surface area contributed by atoms with Crippen LogP contribution in [-0.2, 0) is 6.54 Å². The molecule has 0 spiro atoms. The fourth-order valence-electron chi connectivity index (χ4n) is 2.50. The van der Waals surface area contributed by atoms with Gasteiger partial charge in [-0.1, -0.05) is 24.3 Å². The zero-order valence-electron chi connectivity index (χ0n) is 12.4. The average molecular weight is 277 g/mol. The molecule has 0 amide bonds. The summed E-state index contributed by atoms with van der Waals surface area (Å²) in [5, 5.41) is 7.77. The summed E-state index contributed by atoms with van der Waals surface area (Å²) < 4.78 is 1.87. The van der Waals surface area contributed by atoms with Crippen LogP contribution in [0.25, 0.3) is 5.69 Å². The largest absolute Gasteiger partial charge is 0.381 e. The average Bonchev–Trinajstić information content (AvgIpc) is 3.01. The Balaban J connectivity index is 1.78. The van der Waals surface area contributed by atoms with Crippen molar-refractivity contribution in [2.45, 2.75) is 20.4 Å². The van der Waals surface area contributed by atoms with E-state index in [0.717, 1.165) is 17.9 Å². The Morgan fingerprint density at radius 2 is 1.76 bits per heavy atom. The van der Waals surface area contributed by atoms with Gasteiger partial charge in [-0.15, -0.1) is 0 Å². The molecule has 3 heteroatoms. The van der Waals surface area contributed by atoms with Gasteiger partial charge in [0.2, 0.25) is 0 Å². The lowest BCUT2D eigenvalue weighted by molar-refractivity contribution is 0.880. The van der Waals surface area contributed by atoms with Crippen LogP contribution in [0.4, 0.5) is 5.69 Å². The highest BCUT2D eigenvalue weighted by molar-refractivity contribution is 5.51. The van der Waals surface area contributed by atoms with Crippen LogP contribution in [0.1, 0.15) is 16.7 Å². The maximum Gasteiger partial charge on any atom is 0.0666 e. The Labute approximate surface area is 125 Å². The second-order valence-corrected chi connectivity index (χ2v) is 5.22. The van der Waals surface area contributed by atoms with Gasteiger partial charge in [-0.25, -0.2) is 4.68 Å². The lowest BCUT2D eigenvalue weighted by Crippen LogP contribution is -2.04. The van der Waals surface area contributed by atoms with E-state index in [-0.39, 0.29) is 0 Å². The first-order chi connectivity index (χ1) is 10.2. The standard InChI is InChI=1S/C18H19N3/c1-14-6-3-7-15(2)18(14)13-19-16-8-4-9-17(12-16)21-11-5-10-20-21/h3-12,19H,13H2,1-2H3. The van der Waals surface area contributed by atoms with Crippen LogP contribution < -0.4 is 5.32 Å². The first kappa shape index (κ1) is 13.4. The predicted octanol–water partition coefficient (Wildman–Crippen LogP) is 4.10. The second kappa shape index (κ2) is 5.83. The van der Waals surface area contributed by atoms with Crippen LogP contribution in [0.15, 0.2) is 60.9 Å². The lowest BCUT2D eigenvalue weighted by Gasteiger charge is -2.12. The zero-order chi connectivity index (χ0) is 14.7. The minimum Gasteiger partial charge on any atom is -0.381 e. The molecule has 106 valence electrons. The molecule has 3 aromatic rings. The number of benzene rings is 2. The van der Waals surface area contributed by atoms with Crippen molar-refractivity contribution in [2.24, 2.45) is 0 Å². The Bertz CT molecular complexity index is 710. The van der Waals surface area contributed by atoms with Crippen molar-refractivity contribution >= 4 is 5.69 Å². The zero-order valence-corrected chi connectivity index (χ0v) is 12.4. The van der Waals surface area contributed by atoms with E-state index in [1.54, 1.807) is 6.20 Å². The summed E-state index contributed by atoms with van der Waals surface area (Å²) in [5.41, 5.74) is 6.18. The van der Waals surface area contributed by atoms with Gasteiger partial charge in [0.1, 0.15) is 0 Å². The Hall–Kier alpha value is -2.55. The van der Waals surface area contributed by atoms with Crippen molar-refractivity contribution in [3.63, 3.8) is 0 Å². The third-order valence-corrected chi connectivity index (χ3v) is 3.73. The van der Waals surface area contributed by atoms with Crippen molar-refractivity contribution in [1.29, 1.82) is 0 Å². The Morgan fingerprint density at radius 3 is 2.48 bits per heavy atom. The normalized spacial score (nSPS) is 10.6. The molecule has 1 aromatic heterocycles. The number of hydrogen-bond acceptors (Lipinski definition) is 2. The topological polar surface area (TPSA) is 29.9 Å². The van der Waals surface area contributed by atoms with Gasteiger partial charge in [0, 0.05) is 24.6 Å². The van der Waals surface area contributed by atoms with Gasteiger partial charge in [-0.05, 0) is 54.8 Å². The first-order valence-electron chi connectivity index (χ1n) is 7.13. The number of hydrogen-bond donors (Lipinski definition) is 1. The number of rotatable bonds is 4. The molecule has 2 aromatic carbocycles. The van der Waals surface area contributed by atoms with Gasteiger partial charge in [0.05, 0.1) is 5.69 Å². The molecule has 1 N–H and O–H groups in total. The first-order valence-corrected chi connectivity index (χ1v) is 7.13. The quantitative estimate of drug-likeness (QED) is 0.778. The van der Waals surface area contributed by atoms with Crippen LogP contribution >= 0.6 is 0 Å². The van der Waals surface area contributed by atoms with Crippen molar-refractivity contribution in [2.75, 3.05) is 5.32 Å². The molecular formula is C18H19N3. The number of aromatic nitrogens is 2. The number of anilines is 1. The van der Waals surface area contributed by atoms with Crippen LogP contribution in [0.5, 0.6) is 0 Å². The maximum atomic E-state index is 4.26. The van der Waals surface area contributed by atoms with Crippen molar-refractivity contribution in [3.8, 4) is 5.69 Å². The Morgan fingerprint density at radius 1 is 1.00 bits per heavy atom. The molecule has 0 unspecified atom stereocenters. The summed E-state index contributed by atoms with van der Waals surface area (Å²) in [4.78, 5) is 0. The van der Waals surface area contributed by atoms with Gasteiger partial charge in [0.25, 0.3) is 0 Å². The molecule has 1 heterocycles. The van der Waals surface area contributed by atoms with Gasteiger partial charge in [-0.2, -0.15) is 5.10 Å². The van der Waals surface area contributed by atoms with Gasteiger partial charge < -0.3 is 5.32 Å².